The molecule has 0 rings (SSSR count). The molecule has 0 aromatic heterocycles. The third-order valence-corrected chi connectivity index (χ3v) is 3.66. The molecule has 15 heavy (non-hydrogen) atoms. The first kappa shape index (κ1) is 15.3. The van der Waals surface area contributed by atoms with Gasteiger partial charge in [-0.1, -0.05) is 59.8 Å². The minimum Gasteiger partial charge on any atom is -0.126 e. The van der Waals surface area contributed by atoms with Gasteiger partial charge >= 0.3 is 0 Å². The van der Waals surface area contributed by atoms with E-state index in [2.05, 4.69) is 27.7 Å². The average Bonchev–Trinajstić information content (AvgIpc) is 2.17. The normalized spacial score (nSPS) is 15.6. The molecule has 0 heterocycles. The van der Waals surface area contributed by atoms with Gasteiger partial charge in [-0.2, -0.15) is 0 Å². The summed E-state index contributed by atoms with van der Waals surface area (Å²) in [5.41, 5.74) is 0. The van der Waals surface area contributed by atoms with Gasteiger partial charge in [0.2, 0.25) is 0 Å². The topological polar surface area (TPSA) is 0 Å². The van der Waals surface area contributed by atoms with Crippen LogP contribution in [0.2, 0.25) is 0 Å². The predicted molar refractivity (Wildman–Crippen MR) is 71.6 cm³/mol. The van der Waals surface area contributed by atoms with E-state index in [-0.39, 0.29) is 0 Å². The molecule has 0 bridgehead atoms. The summed E-state index contributed by atoms with van der Waals surface area (Å²) in [7, 11) is 0. The van der Waals surface area contributed by atoms with Gasteiger partial charge < -0.3 is 0 Å². The maximum atomic E-state index is 5.79. The van der Waals surface area contributed by atoms with Gasteiger partial charge in [-0.3, -0.25) is 0 Å². The van der Waals surface area contributed by atoms with E-state index in [0.717, 1.165) is 17.7 Å². The van der Waals surface area contributed by atoms with Crippen molar-refractivity contribution in [1.29, 1.82) is 0 Å². The molecular weight excluding hydrogens is 204 g/mol. The van der Waals surface area contributed by atoms with Crippen LogP contribution in [-0.4, -0.2) is 5.88 Å². The zero-order valence-electron chi connectivity index (χ0n) is 11.1. The highest BCUT2D eigenvalue weighted by Gasteiger charge is 2.05. The van der Waals surface area contributed by atoms with Gasteiger partial charge in [0.1, 0.15) is 0 Å². The first-order valence-corrected chi connectivity index (χ1v) is 7.15. The van der Waals surface area contributed by atoms with E-state index in [1.54, 1.807) is 0 Å². The van der Waals surface area contributed by atoms with Crippen LogP contribution in [0, 0.1) is 17.8 Å². The summed E-state index contributed by atoms with van der Waals surface area (Å²) < 4.78 is 0. The van der Waals surface area contributed by atoms with Crippen LogP contribution in [0.5, 0.6) is 0 Å². The van der Waals surface area contributed by atoms with E-state index in [9.17, 15) is 0 Å². The quantitative estimate of drug-likeness (QED) is 0.461. The lowest BCUT2D eigenvalue weighted by atomic mass is 9.94. The van der Waals surface area contributed by atoms with Crippen molar-refractivity contribution in [2.24, 2.45) is 17.8 Å². The van der Waals surface area contributed by atoms with E-state index in [1.165, 1.54) is 38.5 Å². The highest BCUT2D eigenvalue weighted by atomic mass is 35.5. The van der Waals surface area contributed by atoms with Gasteiger partial charge in [0.15, 0.2) is 0 Å². The molecule has 0 fully saturated rings. The van der Waals surface area contributed by atoms with Gasteiger partial charge in [-0.05, 0) is 24.2 Å². The van der Waals surface area contributed by atoms with Crippen LogP contribution in [0.4, 0.5) is 0 Å². The van der Waals surface area contributed by atoms with Gasteiger partial charge in [0.05, 0.1) is 0 Å². The Morgan fingerprint density at radius 1 is 0.733 bits per heavy atom. The highest BCUT2D eigenvalue weighted by Crippen LogP contribution is 2.19. The Morgan fingerprint density at radius 2 is 1.20 bits per heavy atom. The molecule has 0 amide bonds. The lowest BCUT2D eigenvalue weighted by molar-refractivity contribution is 0.408. The van der Waals surface area contributed by atoms with Crippen molar-refractivity contribution in [3.8, 4) is 0 Å². The van der Waals surface area contributed by atoms with Crippen molar-refractivity contribution < 1.29 is 0 Å². The molecule has 0 aliphatic carbocycles. The molecule has 0 saturated carbocycles. The molecule has 2 atom stereocenters. The summed E-state index contributed by atoms with van der Waals surface area (Å²) in [6, 6.07) is 0. The zero-order valence-corrected chi connectivity index (χ0v) is 11.8. The SMILES string of the molecule is CC(C)CCCC(C)CCCC(C)CCl. The summed E-state index contributed by atoms with van der Waals surface area (Å²) in [5.74, 6) is 3.30. The van der Waals surface area contributed by atoms with E-state index >= 15 is 0 Å². The molecule has 0 N–H and O–H groups in total. The van der Waals surface area contributed by atoms with Crippen molar-refractivity contribution >= 4 is 11.6 Å². The molecule has 0 nitrogen and oxygen atoms in total. The van der Waals surface area contributed by atoms with Crippen molar-refractivity contribution in [3.63, 3.8) is 0 Å². The molecule has 0 aliphatic rings. The molecule has 0 aromatic rings. The third kappa shape index (κ3) is 10.6. The number of hydrogen-bond donors (Lipinski definition) is 0. The van der Waals surface area contributed by atoms with Gasteiger partial charge in [-0.15, -0.1) is 11.6 Å². The Kier molecular flexibility index (Phi) is 9.70. The standard InChI is InChI=1S/C14H29Cl/c1-12(2)7-5-8-13(3)9-6-10-14(4)11-15/h12-14H,5-11H2,1-4H3. The van der Waals surface area contributed by atoms with Crippen LogP contribution in [0.1, 0.15) is 66.2 Å². The molecule has 2 unspecified atom stereocenters. The number of halogens is 1. The lowest BCUT2D eigenvalue weighted by Crippen LogP contribution is -2.00. The summed E-state index contributed by atoms with van der Waals surface area (Å²) >= 11 is 5.79. The molecule has 0 aromatic carbocycles. The summed E-state index contributed by atoms with van der Waals surface area (Å²) in [6.07, 6.45) is 8.26. The van der Waals surface area contributed by atoms with E-state index in [4.69, 9.17) is 11.6 Å². The molecule has 0 radical (unpaired) electrons. The fourth-order valence-corrected chi connectivity index (χ4v) is 2.07. The van der Waals surface area contributed by atoms with Crippen molar-refractivity contribution in [2.45, 2.75) is 66.2 Å². The highest BCUT2D eigenvalue weighted by molar-refractivity contribution is 6.18. The second-order valence-electron chi connectivity index (χ2n) is 5.62. The second-order valence-corrected chi connectivity index (χ2v) is 5.93. The Balaban J connectivity index is 3.29. The van der Waals surface area contributed by atoms with Crippen LogP contribution in [0.3, 0.4) is 0 Å². The van der Waals surface area contributed by atoms with Crippen LogP contribution >= 0.6 is 11.6 Å². The summed E-state index contributed by atoms with van der Waals surface area (Å²) in [4.78, 5) is 0. The minimum atomic E-state index is 0.703. The fourth-order valence-electron chi connectivity index (χ4n) is 1.91. The maximum Gasteiger partial charge on any atom is 0.0249 e. The van der Waals surface area contributed by atoms with E-state index in [1.807, 2.05) is 0 Å². The molecule has 92 valence electrons. The largest absolute Gasteiger partial charge is 0.126 e. The molecule has 0 spiro atoms. The molecule has 0 aliphatic heterocycles. The zero-order chi connectivity index (χ0) is 11.7. The van der Waals surface area contributed by atoms with Gasteiger partial charge in [0, 0.05) is 5.88 Å². The Labute approximate surface area is 102 Å². The van der Waals surface area contributed by atoms with Gasteiger partial charge in [-0.25, -0.2) is 0 Å². The summed E-state index contributed by atoms with van der Waals surface area (Å²) in [5, 5.41) is 0. The number of alkyl halides is 1. The van der Waals surface area contributed by atoms with Crippen LogP contribution in [0.25, 0.3) is 0 Å². The third-order valence-electron chi connectivity index (χ3n) is 3.14. The van der Waals surface area contributed by atoms with Crippen molar-refractivity contribution in [3.05, 3.63) is 0 Å². The summed E-state index contributed by atoms with van der Waals surface area (Å²) in [6.45, 7) is 9.27. The Morgan fingerprint density at radius 3 is 1.67 bits per heavy atom. The number of rotatable bonds is 9. The fraction of sp³-hybridized carbons (Fsp3) is 1.00. The van der Waals surface area contributed by atoms with Gasteiger partial charge in [0.25, 0.3) is 0 Å². The molecule has 1 heteroatoms. The van der Waals surface area contributed by atoms with Crippen LogP contribution in [0.15, 0.2) is 0 Å². The monoisotopic (exact) mass is 232 g/mol. The Hall–Kier alpha value is 0.290. The molecule has 0 saturated heterocycles. The van der Waals surface area contributed by atoms with Crippen molar-refractivity contribution in [1.82, 2.24) is 0 Å². The maximum absolute atomic E-state index is 5.79. The minimum absolute atomic E-state index is 0.703. The smallest absolute Gasteiger partial charge is 0.0249 e. The second kappa shape index (κ2) is 9.51. The lowest BCUT2D eigenvalue weighted by Gasteiger charge is -2.13. The van der Waals surface area contributed by atoms with Crippen LogP contribution in [-0.2, 0) is 0 Å². The first-order chi connectivity index (χ1) is 7.06. The molecular formula is C14H29Cl. The van der Waals surface area contributed by atoms with E-state index < -0.39 is 0 Å². The Bertz CT molecular complexity index is 131. The van der Waals surface area contributed by atoms with E-state index in [0.29, 0.717) is 5.92 Å². The average molecular weight is 233 g/mol. The number of hydrogen-bond acceptors (Lipinski definition) is 0. The van der Waals surface area contributed by atoms with Crippen molar-refractivity contribution in [2.75, 3.05) is 5.88 Å². The predicted octanol–water partition coefficient (Wildman–Crippen LogP) is 5.49. The first-order valence-electron chi connectivity index (χ1n) is 6.62. The van der Waals surface area contributed by atoms with Crippen LogP contribution < -0.4 is 0 Å².